The van der Waals surface area contributed by atoms with Gasteiger partial charge in [-0.2, -0.15) is 0 Å². The molecule has 4 aromatic rings. The van der Waals surface area contributed by atoms with E-state index in [1.165, 1.54) is 52.9 Å². The third-order valence-electron chi connectivity index (χ3n) is 6.30. The molecule has 0 saturated carbocycles. The number of nitrogens with zero attached hydrogens (tertiary/aromatic N) is 1. The van der Waals surface area contributed by atoms with Gasteiger partial charge in [0.25, 0.3) is 0 Å². The van der Waals surface area contributed by atoms with Gasteiger partial charge in [0, 0.05) is 0 Å². The summed E-state index contributed by atoms with van der Waals surface area (Å²) < 4.78 is 4.62. The van der Waals surface area contributed by atoms with Crippen LogP contribution in [0.1, 0.15) is 31.9 Å². The van der Waals surface area contributed by atoms with Crippen LogP contribution in [0.5, 0.6) is 0 Å². The molecular formula is C28H31GeNSe. The molecular weight excluding hydrogens is 502 g/mol. The van der Waals surface area contributed by atoms with Gasteiger partial charge in [0.2, 0.25) is 0 Å². The fourth-order valence-corrected chi connectivity index (χ4v) is 9.88. The van der Waals surface area contributed by atoms with E-state index in [0.717, 1.165) is 6.42 Å². The molecule has 3 heteroatoms. The second kappa shape index (κ2) is 7.20. The van der Waals surface area contributed by atoms with Crippen LogP contribution in [0.25, 0.3) is 32.8 Å². The molecule has 0 aliphatic carbocycles. The van der Waals surface area contributed by atoms with E-state index in [9.17, 15) is 0 Å². The zero-order valence-corrected chi connectivity index (χ0v) is 23.5. The van der Waals surface area contributed by atoms with Crippen LogP contribution in [0.4, 0.5) is 0 Å². The second-order valence-electron chi connectivity index (χ2n) is 11.3. The average Bonchev–Trinajstić information content (AvgIpc) is 2.67. The van der Waals surface area contributed by atoms with E-state index in [4.69, 9.17) is 4.98 Å². The van der Waals surface area contributed by atoms with E-state index in [-0.39, 0.29) is 5.41 Å². The van der Waals surface area contributed by atoms with Crippen LogP contribution in [-0.4, -0.2) is 33.2 Å². The topological polar surface area (TPSA) is 12.9 Å². The Morgan fingerprint density at radius 2 is 1.71 bits per heavy atom. The monoisotopic (exact) mass is 535 g/mol. The molecule has 1 nitrogen and oxygen atoms in total. The minimum absolute atomic E-state index is 0.288. The number of hydrogen-bond donors (Lipinski definition) is 0. The number of pyridine rings is 1. The van der Waals surface area contributed by atoms with E-state index in [2.05, 4.69) is 87.4 Å². The Labute approximate surface area is 195 Å². The first kappa shape index (κ1) is 21.2. The molecule has 0 spiro atoms. The van der Waals surface area contributed by atoms with E-state index in [0.29, 0.717) is 15.0 Å². The van der Waals surface area contributed by atoms with E-state index in [1.54, 1.807) is 4.40 Å². The van der Waals surface area contributed by atoms with Gasteiger partial charge in [-0.05, 0) is 0 Å². The van der Waals surface area contributed by atoms with Crippen molar-refractivity contribution in [3.05, 3.63) is 59.8 Å². The van der Waals surface area contributed by atoms with Gasteiger partial charge in [-0.3, -0.25) is 0 Å². The normalized spacial score (nSPS) is 13.6. The summed E-state index contributed by atoms with van der Waals surface area (Å²) in [6, 6.07) is 16.7. The maximum atomic E-state index is 4.91. The molecule has 1 aliphatic heterocycles. The van der Waals surface area contributed by atoms with Crippen LogP contribution >= 0.6 is 0 Å². The molecule has 2 heterocycles. The Morgan fingerprint density at radius 1 is 0.935 bits per heavy atom. The van der Waals surface area contributed by atoms with Gasteiger partial charge >= 0.3 is 196 Å². The summed E-state index contributed by atoms with van der Waals surface area (Å²) in [7, 11) is 0. The van der Waals surface area contributed by atoms with Crippen molar-refractivity contribution in [3.8, 4) is 11.3 Å². The summed E-state index contributed by atoms with van der Waals surface area (Å²) in [5.74, 6) is 7.45. The fourth-order valence-electron chi connectivity index (χ4n) is 4.77. The Balaban J connectivity index is 1.76. The predicted octanol–water partition coefficient (Wildman–Crippen LogP) is 5.47. The number of hydrogen-bond acceptors (Lipinski definition) is 1. The number of rotatable bonds is 2. The fraction of sp³-hybridized carbons (Fsp3) is 0.321. The van der Waals surface area contributed by atoms with Crippen molar-refractivity contribution in [2.24, 2.45) is 5.41 Å². The first-order chi connectivity index (χ1) is 14.5. The van der Waals surface area contributed by atoms with Crippen molar-refractivity contribution in [1.29, 1.82) is 0 Å². The summed E-state index contributed by atoms with van der Waals surface area (Å²) in [6.07, 6.45) is 3.11. The molecule has 0 unspecified atom stereocenters. The molecule has 0 radical (unpaired) electrons. The average molecular weight is 533 g/mol. The summed E-state index contributed by atoms with van der Waals surface area (Å²) in [4.78, 5) is 4.91. The van der Waals surface area contributed by atoms with Crippen LogP contribution < -0.4 is 13.3 Å². The van der Waals surface area contributed by atoms with Gasteiger partial charge in [0.1, 0.15) is 0 Å². The van der Waals surface area contributed by atoms with Gasteiger partial charge in [0.15, 0.2) is 0 Å². The van der Waals surface area contributed by atoms with E-state index < -0.39 is 13.3 Å². The van der Waals surface area contributed by atoms with Gasteiger partial charge in [-0.1, -0.05) is 0 Å². The molecule has 31 heavy (non-hydrogen) atoms. The van der Waals surface area contributed by atoms with Crippen molar-refractivity contribution in [2.75, 3.05) is 0 Å². The molecule has 0 amide bonds. The quantitative estimate of drug-likeness (QED) is 0.275. The number of aromatic nitrogens is 1. The van der Waals surface area contributed by atoms with Crippen molar-refractivity contribution >= 4 is 63.1 Å². The minimum atomic E-state index is -1.87. The zero-order chi connectivity index (χ0) is 22.1. The van der Waals surface area contributed by atoms with Crippen molar-refractivity contribution in [1.82, 2.24) is 4.98 Å². The Bertz CT molecular complexity index is 1360. The SMILES string of the molecule is Cc1c2c(cc3cc[c]([Ge]([CH3])([CH3])[CH3])cc13)-c1nccc3cc(CC(C)(C)C)cc(c13)[Se]2. The standard InChI is InChI=1S/C28H31GeNSe/c1-17-22-15-21(29(5,6)7)9-8-19(22)14-23-26-25-20(10-11-30-26)12-18(16-28(2,3)4)13-24(25)31-27(17)23/h8-15H,16H2,1-7H3. The van der Waals surface area contributed by atoms with E-state index in [1.807, 2.05) is 6.20 Å². The number of benzene rings is 3. The van der Waals surface area contributed by atoms with Crippen LogP contribution in [0.15, 0.2) is 48.7 Å². The summed E-state index contributed by atoms with van der Waals surface area (Å²) in [6.45, 7) is 9.32. The summed E-state index contributed by atoms with van der Waals surface area (Å²) in [5.41, 5.74) is 5.75. The number of fused-ring (bicyclic) bond motifs is 3. The van der Waals surface area contributed by atoms with Gasteiger partial charge in [0.05, 0.1) is 0 Å². The Kier molecular flexibility index (Phi) is 4.94. The molecule has 3 aromatic carbocycles. The van der Waals surface area contributed by atoms with Crippen molar-refractivity contribution in [3.63, 3.8) is 0 Å². The third-order valence-corrected chi connectivity index (χ3v) is 13.3. The molecule has 158 valence electrons. The van der Waals surface area contributed by atoms with Crippen molar-refractivity contribution in [2.45, 2.75) is 51.4 Å². The molecule has 0 N–H and O–H groups in total. The Hall–Kier alpha value is -1.61. The molecule has 0 atom stereocenters. The first-order valence-electron chi connectivity index (χ1n) is 11.2. The van der Waals surface area contributed by atoms with Crippen LogP contribution in [-0.2, 0) is 6.42 Å². The van der Waals surface area contributed by atoms with Gasteiger partial charge in [-0.25, -0.2) is 0 Å². The van der Waals surface area contributed by atoms with Crippen molar-refractivity contribution < 1.29 is 0 Å². The Morgan fingerprint density at radius 3 is 2.42 bits per heavy atom. The molecule has 1 aliphatic rings. The van der Waals surface area contributed by atoms with Crippen LogP contribution in [0.2, 0.25) is 17.3 Å². The third kappa shape index (κ3) is 3.77. The molecule has 0 saturated heterocycles. The molecule has 0 bridgehead atoms. The number of aryl methyl sites for hydroxylation is 1. The predicted molar refractivity (Wildman–Crippen MR) is 141 cm³/mol. The second-order valence-corrected chi connectivity index (χ2v) is 24.1. The van der Waals surface area contributed by atoms with E-state index >= 15 is 0 Å². The maximum absolute atomic E-state index is 4.91. The molecule has 1 aromatic heterocycles. The summed E-state index contributed by atoms with van der Waals surface area (Å²) in [5, 5.41) is 5.53. The summed E-state index contributed by atoms with van der Waals surface area (Å²) >= 11 is -1.57. The van der Waals surface area contributed by atoms with Crippen LogP contribution in [0, 0.1) is 12.3 Å². The molecule has 5 rings (SSSR count). The van der Waals surface area contributed by atoms with Gasteiger partial charge < -0.3 is 0 Å². The first-order valence-corrected chi connectivity index (χ1v) is 20.2. The van der Waals surface area contributed by atoms with Gasteiger partial charge in [-0.15, -0.1) is 0 Å². The molecule has 0 fully saturated rings. The van der Waals surface area contributed by atoms with Crippen LogP contribution in [0.3, 0.4) is 0 Å². The zero-order valence-electron chi connectivity index (χ0n) is 19.7.